The van der Waals surface area contributed by atoms with Crippen LogP contribution in [-0.2, 0) is 0 Å². The number of hydrogen-bond acceptors (Lipinski definition) is 3. The molecule has 0 amide bonds. The average Bonchev–Trinajstić information content (AvgIpc) is 2.39. The standard InChI is InChI=1S/C14H9NO3/c16-14-11-7-3-1-5-9(11)13(15(17)18)10-6-2-4-8-12(10)14/h1-8,16H. The van der Waals surface area contributed by atoms with Crippen LogP contribution in [-0.4, -0.2) is 10.0 Å². The van der Waals surface area contributed by atoms with E-state index in [1.807, 2.05) is 0 Å². The third-order valence-electron chi connectivity index (χ3n) is 3.06. The Labute approximate surface area is 102 Å². The first-order valence-corrected chi connectivity index (χ1v) is 5.47. The number of nitrogens with zero attached hydrogens (tertiary/aromatic N) is 1. The van der Waals surface area contributed by atoms with E-state index in [1.54, 1.807) is 48.5 Å². The van der Waals surface area contributed by atoms with E-state index in [4.69, 9.17) is 0 Å². The summed E-state index contributed by atoms with van der Waals surface area (Å²) in [6.07, 6.45) is 0. The highest BCUT2D eigenvalue weighted by Crippen LogP contribution is 2.41. The first kappa shape index (κ1) is 10.5. The fourth-order valence-corrected chi connectivity index (χ4v) is 2.28. The number of nitro benzene ring substituents is 1. The number of aromatic hydroxyl groups is 1. The molecule has 0 saturated heterocycles. The SMILES string of the molecule is O=[N+]([O-])c1c2ccccc2c(O)c2ccccc12. The number of rotatable bonds is 1. The summed E-state index contributed by atoms with van der Waals surface area (Å²) in [7, 11) is 0. The van der Waals surface area contributed by atoms with Crippen LogP contribution < -0.4 is 0 Å². The van der Waals surface area contributed by atoms with Crippen LogP contribution in [0.1, 0.15) is 0 Å². The van der Waals surface area contributed by atoms with Crippen molar-refractivity contribution in [3.05, 3.63) is 58.6 Å². The second-order valence-electron chi connectivity index (χ2n) is 4.05. The lowest BCUT2D eigenvalue weighted by Gasteiger charge is -2.07. The van der Waals surface area contributed by atoms with E-state index in [0.717, 1.165) is 0 Å². The van der Waals surface area contributed by atoms with E-state index in [0.29, 0.717) is 21.5 Å². The van der Waals surface area contributed by atoms with Crippen molar-refractivity contribution in [1.29, 1.82) is 0 Å². The van der Waals surface area contributed by atoms with Crippen LogP contribution in [0.3, 0.4) is 0 Å². The Morgan fingerprint density at radius 1 is 0.833 bits per heavy atom. The van der Waals surface area contributed by atoms with E-state index < -0.39 is 4.92 Å². The molecule has 0 aliphatic rings. The van der Waals surface area contributed by atoms with Crippen LogP contribution >= 0.6 is 0 Å². The molecule has 0 aliphatic heterocycles. The highest BCUT2D eigenvalue weighted by Gasteiger charge is 2.20. The van der Waals surface area contributed by atoms with Gasteiger partial charge in [0.1, 0.15) is 5.75 Å². The van der Waals surface area contributed by atoms with Crippen LogP contribution in [0, 0.1) is 10.1 Å². The fraction of sp³-hybridized carbons (Fsp3) is 0. The molecular formula is C14H9NO3. The first-order chi connectivity index (χ1) is 8.70. The Balaban J connectivity index is 2.67. The van der Waals surface area contributed by atoms with Crippen molar-refractivity contribution in [3.63, 3.8) is 0 Å². The smallest absolute Gasteiger partial charge is 0.285 e. The second-order valence-corrected chi connectivity index (χ2v) is 4.05. The van der Waals surface area contributed by atoms with Crippen molar-refractivity contribution in [2.45, 2.75) is 0 Å². The molecule has 0 saturated carbocycles. The van der Waals surface area contributed by atoms with Gasteiger partial charge in [0, 0.05) is 10.8 Å². The van der Waals surface area contributed by atoms with Gasteiger partial charge in [0.05, 0.1) is 15.7 Å². The Hall–Kier alpha value is -2.62. The molecule has 1 N–H and O–H groups in total. The molecule has 0 spiro atoms. The third-order valence-corrected chi connectivity index (χ3v) is 3.06. The van der Waals surface area contributed by atoms with Crippen molar-refractivity contribution in [2.75, 3.05) is 0 Å². The third kappa shape index (κ3) is 1.32. The molecule has 88 valence electrons. The highest BCUT2D eigenvalue weighted by atomic mass is 16.6. The summed E-state index contributed by atoms with van der Waals surface area (Å²) in [5.41, 5.74) is 0.0407. The second kappa shape index (κ2) is 3.70. The molecule has 0 aliphatic carbocycles. The monoisotopic (exact) mass is 239 g/mol. The van der Waals surface area contributed by atoms with E-state index in [9.17, 15) is 15.2 Å². The lowest BCUT2D eigenvalue weighted by molar-refractivity contribution is -0.381. The average molecular weight is 239 g/mol. The summed E-state index contributed by atoms with van der Waals surface area (Å²) >= 11 is 0. The molecule has 0 heterocycles. The van der Waals surface area contributed by atoms with Crippen molar-refractivity contribution >= 4 is 27.2 Å². The Morgan fingerprint density at radius 3 is 1.61 bits per heavy atom. The minimum atomic E-state index is -0.399. The number of fused-ring (bicyclic) bond motifs is 2. The Kier molecular flexibility index (Phi) is 2.16. The van der Waals surface area contributed by atoms with Gasteiger partial charge in [-0.15, -0.1) is 0 Å². The first-order valence-electron chi connectivity index (χ1n) is 5.47. The minimum Gasteiger partial charge on any atom is -0.507 e. The summed E-state index contributed by atoms with van der Waals surface area (Å²) in [5.74, 6) is 0.0896. The molecule has 18 heavy (non-hydrogen) atoms. The van der Waals surface area contributed by atoms with Crippen LogP contribution in [0.15, 0.2) is 48.5 Å². The Morgan fingerprint density at radius 2 is 1.22 bits per heavy atom. The van der Waals surface area contributed by atoms with Gasteiger partial charge in [0.25, 0.3) is 5.69 Å². The van der Waals surface area contributed by atoms with Gasteiger partial charge < -0.3 is 5.11 Å². The van der Waals surface area contributed by atoms with Gasteiger partial charge in [-0.2, -0.15) is 0 Å². The van der Waals surface area contributed by atoms with Crippen LogP contribution in [0.4, 0.5) is 5.69 Å². The predicted molar refractivity (Wildman–Crippen MR) is 69.8 cm³/mol. The van der Waals surface area contributed by atoms with Gasteiger partial charge in [-0.25, -0.2) is 0 Å². The van der Waals surface area contributed by atoms with E-state index in [1.165, 1.54) is 0 Å². The summed E-state index contributed by atoms with van der Waals surface area (Å²) in [6, 6.07) is 13.6. The molecular weight excluding hydrogens is 230 g/mol. The van der Waals surface area contributed by atoms with Gasteiger partial charge in [0.15, 0.2) is 0 Å². The summed E-state index contributed by atoms with van der Waals surface area (Å²) in [4.78, 5) is 10.9. The largest absolute Gasteiger partial charge is 0.507 e. The van der Waals surface area contributed by atoms with Gasteiger partial charge in [-0.1, -0.05) is 36.4 Å². The van der Waals surface area contributed by atoms with Crippen LogP contribution in [0.25, 0.3) is 21.5 Å². The quantitative estimate of drug-likeness (QED) is 0.401. The zero-order valence-corrected chi connectivity index (χ0v) is 9.33. The maximum atomic E-state index is 11.3. The number of hydrogen-bond donors (Lipinski definition) is 1. The van der Waals surface area contributed by atoms with Crippen molar-refractivity contribution in [3.8, 4) is 5.75 Å². The van der Waals surface area contributed by atoms with Gasteiger partial charge in [-0.05, 0) is 12.1 Å². The number of benzene rings is 3. The zero-order valence-electron chi connectivity index (χ0n) is 9.33. The topological polar surface area (TPSA) is 63.4 Å². The Bertz CT molecular complexity index is 723. The van der Waals surface area contributed by atoms with Crippen molar-refractivity contribution in [2.24, 2.45) is 0 Å². The molecule has 4 nitrogen and oxygen atoms in total. The summed E-state index contributed by atoms with van der Waals surface area (Å²) in [5, 5.41) is 23.4. The molecule has 3 aromatic carbocycles. The van der Waals surface area contributed by atoms with E-state index >= 15 is 0 Å². The van der Waals surface area contributed by atoms with Gasteiger partial charge in [-0.3, -0.25) is 10.1 Å². The highest BCUT2D eigenvalue weighted by molar-refractivity contribution is 6.12. The molecule has 4 heteroatoms. The normalized spacial score (nSPS) is 10.9. The van der Waals surface area contributed by atoms with E-state index in [2.05, 4.69) is 0 Å². The predicted octanol–water partition coefficient (Wildman–Crippen LogP) is 3.61. The lowest BCUT2D eigenvalue weighted by Crippen LogP contribution is -1.92. The van der Waals surface area contributed by atoms with Gasteiger partial charge >= 0.3 is 0 Å². The maximum Gasteiger partial charge on any atom is 0.285 e. The molecule has 0 bridgehead atoms. The number of non-ortho nitro benzene ring substituents is 1. The van der Waals surface area contributed by atoms with E-state index in [-0.39, 0.29) is 11.4 Å². The molecule has 0 radical (unpaired) electrons. The number of phenols is 1. The lowest BCUT2D eigenvalue weighted by atomic mass is 10.00. The number of nitro groups is 1. The zero-order chi connectivity index (χ0) is 12.7. The summed E-state index contributed by atoms with van der Waals surface area (Å²) in [6.45, 7) is 0. The van der Waals surface area contributed by atoms with Crippen molar-refractivity contribution < 1.29 is 10.0 Å². The maximum absolute atomic E-state index is 11.3. The molecule has 3 rings (SSSR count). The number of phenolic OH excluding ortho intramolecular Hbond substituents is 1. The fourth-order valence-electron chi connectivity index (χ4n) is 2.28. The van der Waals surface area contributed by atoms with Crippen LogP contribution in [0.2, 0.25) is 0 Å². The molecule has 0 atom stereocenters. The molecule has 3 aromatic rings. The van der Waals surface area contributed by atoms with Gasteiger partial charge in [0.2, 0.25) is 0 Å². The molecule has 0 fully saturated rings. The van der Waals surface area contributed by atoms with Crippen LogP contribution in [0.5, 0.6) is 5.75 Å². The molecule has 0 unspecified atom stereocenters. The molecule has 0 aromatic heterocycles. The summed E-state index contributed by atoms with van der Waals surface area (Å²) < 4.78 is 0. The minimum absolute atomic E-state index is 0.0407. The van der Waals surface area contributed by atoms with Crippen molar-refractivity contribution in [1.82, 2.24) is 0 Å².